The maximum Gasteiger partial charge on any atom is 0.275 e. The average Bonchev–Trinajstić information content (AvgIpc) is 3.09. The van der Waals surface area contributed by atoms with Crippen molar-refractivity contribution in [1.29, 1.82) is 0 Å². The lowest BCUT2D eigenvalue weighted by atomic mass is 10.1. The number of carbonyl (C=O) groups excluding carboxylic acids is 1. The van der Waals surface area contributed by atoms with Crippen molar-refractivity contribution >= 4 is 17.2 Å². The zero-order chi connectivity index (χ0) is 16.1. The summed E-state index contributed by atoms with van der Waals surface area (Å²) in [4.78, 5) is 14.7. The first-order chi connectivity index (χ1) is 11.2. The summed E-state index contributed by atoms with van der Waals surface area (Å²) in [6, 6.07) is 10.0. The van der Waals surface area contributed by atoms with Crippen molar-refractivity contribution in [3.05, 3.63) is 58.0 Å². The van der Waals surface area contributed by atoms with Crippen LogP contribution in [0, 0.1) is 5.82 Å². The van der Waals surface area contributed by atoms with E-state index in [4.69, 9.17) is 4.74 Å². The Morgan fingerprint density at radius 3 is 2.65 bits per heavy atom. The Kier molecular flexibility index (Phi) is 5.38. The second-order valence-electron chi connectivity index (χ2n) is 5.61. The number of hydrogen-bond donors (Lipinski definition) is 2. The van der Waals surface area contributed by atoms with Crippen LogP contribution in [-0.2, 0) is 9.53 Å². The summed E-state index contributed by atoms with van der Waals surface area (Å²) in [6.07, 6.45) is 0. The van der Waals surface area contributed by atoms with E-state index in [2.05, 4.69) is 5.32 Å². The molecule has 0 spiro atoms. The molecule has 2 N–H and O–H groups in total. The van der Waals surface area contributed by atoms with Gasteiger partial charge in [-0.05, 0) is 29.1 Å². The number of amides is 1. The maximum atomic E-state index is 13.2. The normalized spacial score (nSPS) is 16.9. The molecule has 122 valence electrons. The standard InChI is InChI=1S/C17H19FN2O2S/c18-14-5-3-13(4-6-14)17(15-2-1-11-23-15)19-16(21)12-20-7-9-22-10-8-20/h1-6,11,17H,7-10,12H2,(H,19,21)/p+1/t17-/m0/s1. The highest BCUT2D eigenvalue weighted by atomic mass is 32.1. The lowest BCUT2D eigenvalue weighted by Crippen LogP contribution is -3.15. The van der Waals surface area contributed by atoms with Gasteiger partial charge in [-0.15, -0.1) is 11.3 Å². The monoisotopic (exact) mass is 335 g/mol. The van der Waals surface area contributed by atoms with Gasteiger partial charge in [0.05, 0.1) is 19.3 Å². The van der Waals surface area contributed by atoms with Gasteiger partial charge in [-0.2, -0.15) is 0 Å². The lowest BCUT2D eigenvalue weighted by Gasteiger charge is -2.24. The summed E-state index contributed by atoms with van der Waals surface area (Å²) in [7, 11) is 0. The van der Waals surface area contributed by atoms with Gasteiger partial charge in [0.15, 0.2) is 6.54 Å². The summed E-state index contributed by atoms with van der Waals surface area (Å²) in [6.45, 7) is 3.55. The molecule has 1 aromatic carbocycles. The molecule has 0 radical (unpaired) electrons. The number of ether oxygens (including phenoxy) is 1. The van der Waals surface area contributed by atoms with Crippen molar-refractivity contribution < 1.29 is 18.8 Å². The molecule has 0 bridgehead atoms. The lowest BCUT2D eigenvalue weighted by molar-refractivity contribution is -0.900. The summed E-state index contributed by atoms with van der Waals surface area (Å²) >= 11 is 1.58. The van der Waals surface area contributed by atoms with E-state index in [0.29, 0.717) is 19.8 Å². The first-order valence-electron chi connectivity index (χ1n) is 7.72. The van der Waals surface area contributed by atoms with Crippen molar-refractivity contribution in [3.8, 4) is 0 Å². The van der Waals surface area contributed by atoms with Gasteiger partial charge in [0.2, 0.25) is 0 Å². The fourth-order valence-electron chi connectivity index (χ4n) is 2.71. The SMILES string of the molecule is O=C(C[NH+]1CCOCC1)N[C@@H](c1ccc(F)cc1)c1cccs1. The summed E-state index contributed by atoms with van der Waals surface area (Å²) in [5.41, 5.74) is 0.888. The number of carbonyl (C=O) groups is 1. The van der Waals surface area contributed by atoms with Crippen LogP contribution in [0.2, 0.25) is 0 Å². The summed E-state index contributed by atoms with van der Waals surface area (Å²) in [5.74, 6) is -0.271. The zero-order valence-electron chi connectivity index (χ0n) is 12.8. The van der Waals surface area contributed by atoms with Crippen LogP contribution in [-0.4, -0.2) is 38.8 Å². The number of rotatable bonds is 5. The molecule has 1 aliphatic rings. The van der Waals surface area contributed by atoms with E-state index in [1.54, 1.807) is 23.5 Å². The van der Waals surface area contributed by atoms with E-state index in [1.165, 1.54) is 17.0 Å². The quantitative estimate of drug-likeness (QED) is 0.856. The highest BCUT2D eigenvalue weighted by Gasteiger charge is 2.22. The van der Waals surface area contributed by atoms with Crippen LogP contribution in [0.5, 0.6) is 0 Å². The molecule has 1 amide bonds. The van der Waals surface area contributed by atoms with Gasteiger partial charge >= 0.3 is 0 Å². The molecule has 23 heavy (non-hydrogen) atoms. The Bertz CT molecular complexity index is 625. The van der Waals surface area contributed by atoms with Gasteiger partial charge in [0.1, 0.15) is 18.9 Å². The number of benzene rings is 1. The van der Waals surface area contributed by atoms with E-state index in [9.17, 15) is 9.18 Å². The smallest absolute Gasteiger partial charge is 0.275 e. The molecule has 2 heterocycles. The fourth-order valence-corrected chi connectivity index (χ4v) is 3.51. The van der Waals surface area contributed by atoms with Gasteiger partial charge in [0.25, 0.3) is 5.91 Å². The third-order valence-electron chi connectivity index (χ3n) is 3.95. The maximum absolute atomic E-state index is 13.2. The number of morpholine rings is 1. The van der Waals surface area contributed by atoms with E-state index in [1.807, 2.05) is 17.5 Å². The van der Waals surface area contributed by atoms with Crippen molar-refractivity contribution in [1.82, 2.24) is 5.32 Å². The van der Waals surface area contributed by atoms with Gasteiger partial charge in [0, 0.05) is 4.88 Å². The Labute approximate surface area is 138 Å². The number of thiophene rings is 1. The highest BCUT2D eigenvalue weighted by molar-refractivity contribution is 7.10. The second-order valence-corrected chi connectivity index (χ2v) is 6.59. The Morgan fingerprint density at radius 2 is 2.00 bits per heavy atom. The number of halogens is 1. The number of hydrogen-bond acceptors (Lipinski definition) is 3. The molecule has 0 unspecified atom stereocenters. The van der Waals surface area contributed by atoms with Crippen LogP contribution in [0.25, 0.3) is 0 Å². The minimum atomic E-state index is -0.275. The predicted molar refractivity (Wildman–Crippen MR) is 87.1 cm³/mol. The van der Waals surface area contributed by atoms with E-state index in [0.717, 1.165) is 23.5 Å². The summed E-state index contributed by atoms with van der Waals surface area (Å²) in [5, 5.41) is 5.07. The topological polar surface area (TPSA) is 42.8 Å². The molecule has 4 nitrogen and oxygen atoms in total. The third kappa shape index (κ3) is 4.37. The molecular formula is C17H20FN2O2S+. The Morgan fingerprint density at radius 1 is 1.26 bits per heavy atom. The largest absolute Gasteiger partial charge is 0.370 e. The number of nitrogens with one attached hydrogen (secondary N) is 2. The predicted octanol–water partition coefficient (Wildman–Crippen LogP) is 1.01. The summed E-state index contributed by atoms with van der Waals surface area (Å²) < 4.78 is 18.5. The fraction of sp³-hybridized carbons (Fsp3) is 0.353. The third-order valence-corrected chi connectivity index (χ3v) is 4.88. The molecule has 3 rings (SSSR count). The van der Waals surface area contributed by atoms with Gasteiger partial charge in [-0.25, -0.2) is 4.39 Å². The zero-order valence-corrected chi connectivity index (χ0v) is 13.6. The van der Waals surface area contributed by atoms with Crippen LogP contribution in [0.15, 0.2) is 41.8 Å². The molecule has 1 saturated heterocycles. The average molecular weight is 335 g/mol. The van der Waals surface area contributed by atoms with Crippen LogP contribution >= 0.6 is 11.3 Å². The van der Waals surface area contributed by atoms with Crippen molar-refractivity contribution in [3.63, 3.8) is 0 Å². The molecule has 0 saturated carbocycles. The Hall–Kier alpha value is -1.76. The van der Waals surface area contributed by atoms with Crippen molar-refractivity contribution in [2.24, 2.45) is 0 Å². The first-order valence-corrected chi connectivity index (χ1v) is 8.60. The van der Waals surface area contributed by atoms with Gasteiger partial charge < -0.3 is 15.0 Å². The highest BCUT2D eigenvalue weighted by Crippen LogP contribution is 2.26. The minimum absolute atomic E-state index is 0.00428. The van der Waals surface area contributed by atoms with Crippen molar-refractivity contribution in [2.75, 3.05) is 32.8 Å². The second kappa shape index (κ2) is 7.68. The number of quaternary nitrogens is 1. The van der Waals surface area contributed by atoms with E-state index in [-0.39, 0.29) is 17.8 Å². The van der Waals surface area contributed by atoms with Gasteiger partial charge in [-0.3, -0.25) is 4.79 Å². The molecule has 1 fully saturated rings. The van der Waals surface area contributed by atoms with Gasteiger partial charge in [-0.1, -0.05) is 18.2 Å². The Balaban J connectivity index is 1.71. The van der Waals surface area contributed by atoms with E-state index >= 15 is 0 Å². The van der Waals surface area contributed by atoms with E-state index < -0.39 is 0 Å². The van der Waals surface area contributed by atoms with Crippen molar-refractivity contribution in [2.45, 2.75) is 6.04 Å². The molecular weight excluding hydrogens is 315 g/mol. The molecule has 0 aliphatic carbocycles. The molecule has 1 aliphatic heterocycles. The molecule has 1 atom stereocenters. The minimum Gasteiger partial charge on any atom is -0.370 e. The first kappa shape index (κ1) is 16.1. The van der Waals surface area contributed by atoms with Crippen LogP contribution in [0.4, 0.5) is 4.39 Å². The molecule has 6 heteroatoms. The van der Waals surface area contributed by atoms with Crippen LogP contribution in [0.1, 0.15) is 16.5 Å². The molecule has 2 aromatic rings. The van der Waals surface area contributed by atoms with Crippen LogP contribution in [0.3, 0.4) is 0 Å². The molecule has 1 aromatic heterocycles. The van der Waals surface area contributed by atoms with Crippen LogP contribution < -0.4 is 10.2 Å².